The number of anilines is 2. The molecule has 1 fully saturated rings. The van der Waals surface area contributed by atoms with Crippen LogP contribution in [0.25, 0.3) is 5.65 Å². The van der Waals surface area contributed by atoms with Crippen LogP contribution < -0.4 is 20.1 Å². The minimum Gasteiger partial charge on any atom is -0.484 e. The van der Waals surface area contributed by atoms with Crippen molar-refractivity contribution in [2.75, 3.05) is 29.9 Å². The van der Waals surface area contributed by atoms with Gasteiger partial charge in [-0.25, -0.2) is 13.2 Å². The third-order valence-electron chi connectivity index (χ3n) is 9.69. The summed E-state index contributed by atoms with van der Waals surface area (Å²) >= 11 is 0. The van der Waals surface area contributed by atoms with Crippen molar-refractivity contribution in [1.82, 2.24) is 24.8 Å². The van der Waals surface area contributed by atoms with Gasteiger partial charge in [0.2, 0.25) is 10.0 Å². The van der Waals surface area contributed by atoms with Crippen molar-refractivity contribution in [3.05, 3.63) is 82.8 Å². The van der Waals surface area contributed by atoms with Crippen LogP contribution in [-0.4, -0.2) is 53.8 Å². The number of pyridine rings is 1. The number of rotatable bonds is 7. The molecular weight excluding hydrogens is 614 g/mol. The first-order valence-electron chi connectivity index (χ1n) is 16.1. The number of fused-ring (bicyclic) bond motifs is 2. The van der Waals surface area contributed by atoms with E-state index in [0.717, 1.165) is 59.6 Å². The molecule has 0 bridgehead atoms. The van der Waals surface area contributed by atoms with Gasteiger partial charge in [0.15, 0.2) is 11.5 Å². The van der Waals surface area contributed by atoms with E-state index in [-0.39, 0.29) is 29.1 Å². The van der Waals surface area contributed by atoms with Crippen molar-refractivity contribution in [2.45, 2.75) is 83.4 Å². The molecule has 1 aliphatic carbocycles. The lowest BCUT2D eigenvalue weighted by atomic mass is 9.85. The fourth-order valence-corrected chi connectivity index (χ4v) is 7.39. The number of amides is 2. The van der Waals surface area contributed by atoms with E-state index in [9.17, 15) is 13.2 Å². The second kappa shape index (κ2) is 12.1. The Hall–Kier alpha value is -4.16. The summed E-state index contributed by atoms with van der Waals surface area (Å²) in [4.78, 5) is 15.8. The summed E-state index contributed by atoms with van der Waals surface area (Å²) in [7, 11) is -1.38. The van der Waals surface area contributed by atoms with Crippen LogP contribution in [0.15, 0.2) is 54.7 Å². The molecule has 3 N–H and O–H groups in total. The molecule has 47 heavy (non-hydrogen) atoms. The third-order valence-corrected chi connectivity index (χ3v) is 10.3. The standard InChI is InChI=1S/C35H45N7O4S/c1-22-28(19-23(34(2,3)4)20-29(22)40-47(7,44)45)37-33(43)36-27-14-15-30(26-12-9-8-11-25(26)27)46-24-13-16-31-38-39-32(42(31)21-24)35(5)17-10-18-41(35)6/h8-9,11-13,16,19-21,27,30,40H,10,14-15,17-18H2,1-7H3,(H2,36,37,43)/t27-,30+,35-/m0/s1. The minimum atomic E-state index is -3.51. The highest BCUT2D eigenvalue weighted by Crippen LogP contribution is 2.40. The zero-order chi connectivity index (χ0) is 33.7. The first-order chi connectivity index (χ1) is 22.1. The topological polar surface area (TPSA) is 130 Å². The Morgan fingerprint density at radius 2 is 1.77 bits per heavy atom. The van der Waals surface area contributed by atoms with Crippen molar-refractivity contribution in [2.24, 2.45) is 0 Å². The molecule has 3 heterocycles. The second-order valence-corrected chi connectivity index (χ2v) is 15.9. The van der Waals surface area contributed by atoms with E-state index in [0.29, 0.717) is 29.8 Å². The molecule has 2 aromatic heterocycles. The largest absolute Gasteiger partial charge is 0.484 e. The molecule has 1 saturated heterocycles. The summed E-state index contributed by atoms with van der Waals surface area (Å²) in [6, 6.07) is 15.1. The van der Waals surface area contributed by atoms with Gasteiger partial charge in [-0.05, 0) is 105 Å². The molecule has 1 aliphatic heterocycles. The molecule has 3 atom stereocenters. The van der Waals surface area contributed by atoms with Gasteiger partial charge in [-0.3, -0.25) is 14.0 Å². The normalized spacial score (nSPS) is 21.8. The molecule has 0 saturated carbocycles. The van der Waals surface area contributed by atoms with Crippen LogP contribution in [0, 0.1) is 6.92 Å². The number of nitrogens with zero attached hydrogens (tertiary/aromatic N) is 4. The number of urea groups is 1. The van der Waals surface area contributed by atoms with Gasteiger partial charge < -0.3 is 15.4 Å². The molecule has 2 aliphatic rings. The highest BCUT2D eigenvalue weighted by molar-refractivity contribution is 7.92. The van der Waals surface area contributed by atoms with Crippen LogP contribution in [0.2, 0.25) is 0 Å². The molecule has 6 rings (SSSR count). The molecule has 4 aromatic rings. The van der Waals surface area contributed by atoms with E-state index in [4.69, 9.17) is 4.74 Å². The summed E-state index contributed by atoms with van der Waals surface area (Å²) < 4.78 is 35.4. The first-order valence-corrected chi connectivity index (χ1v) is 18.0. The van der Waals surface area contributed by atoms with Gasteiger partial charge in [0.25, 0.3) is 0 Å². The molecule has 2 aromatic carbocycles. The third kappa shape index (κ3) is 6.66. The minimum absolute atomic E-state index is 0.187. The lowest BCUT2D eigenvalue weighted by molar-refractivity contribution is 0.170. The Morgan fingerprint density at radius 3 is 2.45 bits per heavy atom. The van der Waals surface area contributed by atoms with Crippen molar-refractivity contribution in [1.29, 1.82) is 0 Å². The molecule has 0 spiro atoms. The van der Waals surface area contributed by atoms with Crippen molar-refractivity contribution < 1.29 is 17.9 Å². The summed E-state index contributed by atoms with van der Waals surface area (Å²) in [6.45, 7) is 11.2. The van der Waals surface area contributed by atoms with Gasteiger partial charge in [-0.1, -0.05) is 45.0 Å². The number of benzene rings is 2. The Balaban J connectivity index is 1.21. The van der Waals surface area contributed by atoms with E-state index in [1.165, 1.54) is 0 Å². The quantitative estimate of drug-likeness (QED) is 0.209. The smallest absolute Gasteiger partial charge is 0.319 e. The average molecular weight is 660 g/mol. The Morgan fingerprint density at radius 1 is 1.04 bits per heavy atom. The summed E-state index contributed by atoms with van der Waals surface area (Å²) in [5.74, 6) is 1.65. The maximum atomic E-state index is 13.5. The monoisotopic (exact) mass is 659 g/mol. The Bertz CT molecular complexity index is 1930. The molecule has 12 heteroatoms. The highest BCUT2D eigenvalue weighted by atomic mass is 32.2. The number of aromatic nitrogens is 3. The Labute approximate surface area is 277 Å². The van der Waals surface area contributed by atoms with Crippen LogP contribution in [0.5, 0.6) is 5.75 Å². The predicted octanol–water partition coefficient (Wildman–Crippen LogP) is 6.42. The van der Waals surface area contributed by atoms with Gasteiger partial charge in [0.1, 0.15) is 11.9 Å². The SMILES string of the molecule is Cc1c(NC(=O)N[C@H]2CC[C@@H](Oc3ccc4nnc([C@]5(C)CCCN5C)n4c3)c3ccccc32)cc(C(C)(C)C)cc1NS(C)(=O)=O. The number of carbonyl (C=O) groups excluding carboxylic acids is 1. The number of nitrogens with one attached hydrogen (secondary N) is 3. The summed E-state index contributed by atoms with van der Waals surface area (Å²) in [5, 5.41) is 15.2. The molecule has 11 nitrogen and oxygen atoms in total. The summed E-state index contributed by atoms with van der Waals surface area (Å²) in [6.07, 6.45) is 6.44. The van der Waals surface area contributed by atoms with Crippen LogP contribution >= 0.6 is 0 Å². The van der Waals surface area contributed by atoms with Crippen LogP contribution in [0.4, 0.5) is 16.2 Å². The van der Waals surface area contributed by atoms with Gasteiger partial charge in [0, 0.05) is 5.69 Å². The highest BCUT2D eigenvalue weighted by Gasteiger charge is 2.40. The van der Waals surface area contributed by atoms with Crippen LogP contribution in [0.3, 0.4) is 0 Å². The van der Waals surface area contributed by atoms with Crippen molar-refractivity contribution in [3.63, 3.8) is 0 Å². The number of likely N-dealkylation sites (tertiary alicyclic amines) is 1. The maximum Gasteiger partial charge on any atom is 0.319 e. The van der Waals surface area contributed by atoms with E-state index < -0.39 is 10.0 Å². The van der Waals surface area contributed by atoms with Crippen molar-refractivity contribution in [3.8, 4) is 5.75 Å². The maximum absolute atomic E-state index is 13.5. The number of hydrogen-bond donors (Lipinski definition) is 3. The van der Waals surface area contributed by atoms with E-state index >= 15 is 0 Å². The van der Waals surface area contributed by atoms with E-state index in [2.05, 4.69) is 50.5 Å². The fraction of sp³-hybridized carbons (Fsp3) is 0.457. The lowest BCUT2D eigenvalue weighted by Gasteiger charge is -2.32. The van der Waals surface area contributed by atoms with Crippen molar-refractivity contribution >= 4 is 33.1 Å². The average Bonchev–Trinajstić information content (AvgIpc) is 3.58. The lowest BCUT2D eigenvalue weighted by Crippen LogP contribution is -2.37. The fourth-order valence-electron chi connectivity index (χ4n) is 6.78. The van der Waals surface area contributed by atoms with Crippen LogP contribution in [0.1, 0.15) is 93.6 Å². The van der Waals surface area contributed by atoms with E-state index in [1.807, 2.05) is 73.8 Å². The molecule has 0 radical (unpaired) electrons. The van der Waals surface area contributed by atoms with Gasteiger partial charge >= 0.3 is 6.03 Å². The molecule has 2 amide bonds. The first kappa shape index (κ1) is 32.8. The number of carbonyl (C=O) groups is 1. The zero-order valence-electron chi connectivity index (χ0n) is 28.2. The number of ether oxygens (including phenoxy) is 1. The number of hydrogen-bond acceptors (Lipinski definition) is 7. The van der Waals surface area contributed by atoms with Gasteiger partial charge in [-0.2, -0.15) is 0 Å². The predicted molar refractivity (Wildman–Crippen MR) is 184 cm³/mol. The van der Waals surface area contributed by atoms with E-state index in [1.54, 1.807) is 6.92 Å². The summed E-state index contributed by atoms with van der Waals surface area (Å²) in [5.41, 5.74) is 4.89. The molecular formula is C35H45N7O4S. The molecule has 0 unspecified atom stereocenters. The van der Waals surface area contributed by atoms with Gasteiger partial charge in [-0.15, -0.1) is 10.2 Å². The second-order valence-electron chi connectivity index (χ2n) is 14.2. The zero-order valence-corrected chi connectivity index (χ0v) is 29.0. The van der Waals surface area contributed by atoms with Crippen LogP contribution in [-0.2, 0) is 21.0 Å². The molecule has 250 valence electrons. The Kier molecular flexibility index (Phi) is 8.46. The van der Waals surface area contributed by atoms with Gasteiger partial charge in [0.05, 0.1) is 29.7 Å². The number of sulfonamides is 1.